The minimum absolute atomic E-state index is 0.0417. The van der Waals surface area contributed by atoms with E-state index in [0.717, 1.165) is 32.5 Å². The third-order valence-corrected chi connectivity index (χ3v) is 4.71. The van der Waals surface area contributed by atoms with E-state index < -0.39 is 0 Å². The van der Waals surface area contributed by atoms with E-state index in [9.17, 15) is 4.79 Å². The van der Waals surface area contributed by atoms with Crippen LogP contribution in [-0.4, -0.2) is 60.2 Å². The third-order valence-electron chi connectivity index (χ3n) is 3.58. The first-order chi connectivity index (χ1) is 9.56. The van der Waals surface area contributed by atoms with Crippen molar-refractivity contribution < 1.29 is 14.1 Å². The largest absolute Gasteiger partial charge is 0.459 e. The van der Waals surface area contributed by atoms with Gasteiger partial charge in [-0.3, -0.25) is 0 Å². The van der Waals surface area contributed by atoms with Gasteiger partial charge in [-0.15, -0.1) is 11.8 Å². The lowest BCUT2D eigenvalue weighted by molar-refractivity contribution is -0.536. The predicted octanol–water partition coefficient (Wildman–Crippen LogP) is 1.87. The molecule has 2 saturated heterocycles. The fraction of sp³-hybridized carbons (Fsp3) is 0.600. The molecule has 0 aromatic carbocycles. The molecule has 0 aliphatic carbocycles. The van der Waals surface area contributed by atoms with Crippen LogP contribution in [0.4, 0.5) is 0 Å². The average molecular weight is 295 g/mol. The van der Waals surface area contributed by atoms with Gasteiger partial charge in [0.15, 0.2) is 6.21 Å². The minimum Gasteiger partial charge on any atom is -0.459 e. The molecule has 0 aromatic heterocycles. The molecule has 20 heavy (non-hydrogen) atoms. The van der Waals surface area contributed by atoms with Crippen LogP contribution in [0.5, 0.6) is 0 Å². The van der Waals surface area contributed by atoms with Crippen LogP contribution >= 0.6 is 11.8 Å². The molecular weight excluding hydrogens is 272 g/mol. The second kappa shape index (κ2) is 6.97. The van der Waals surface area contributed by atoms with Crippen LogP contribution in [0.2, 0.25) is 0 Å². The van der Waals surface area contributed by atoms with E-state index in [0.29, 0.717) is 5.57 Å². The van der Waals surface area contributed by atoms with Crippen molar-refractivity contribution in [3.63, 3.8) is 0 Å². The number of carbonyl (C=O) groups is 1. The summed E-state index contributed by atoms with van der Waals surface area (Å²) in [6.07, 6.45) is 6.18. The van der Waals surface area contributed by atoms with E-state index in [1.165, 1.54) is 10.8 Å². The molecular formula is C15H23N2O2S+. The van der Waals surface area contributed by atoms with Crippen molar-refractivity contribution >= 4 is 23.9 Å². The number of hydrogen-bond acceptors (Lipinski definition) is 4. The van der Waals surface area contributed by atoms with Crippen LogP contribution in [0.3, 0.4) is 0 Å². The van der Waals surface area contributed by atoms with Crippen LogP contribution in [0, 0.1) is 0 Å². The second-order valence-electron chi connectivity index (χ2n) is 5.34. The molecule has 0 aromatic rings. The quantitative estimate of drug-likeness (QED) is 0.452. The van der Waals surface area contributed by atoms with Gasteiger partial charge in [0.1, 0.15) is 19.2 Å². The first kappa shape index (κ1) is 15.2. The number of nitrogens with zero attached hydrogens (tertiary/aromatic N) is 2. The number of piperidine rings is 1. The molecule has 4 nitrogen and oxygen atoms in total. The monoisotopic (exact) mass is 295 g/mol. The maximum absolute atomic E-state index is 11.5. The van der Waals surface area contributed by atoms with Crippen molar-refractivity contribution in [3.8, 4) is 0 Å². The van der Waals surface area contributed by atoms with Crippen LogP contribution in [-0.2, 0) is 9.53 Å². The summed E-state index contributed by atoms with van der Waals surface area (Å²) in [7, 11) is 2.13. The molecule has 0 bridgehead atoms. The van der Waals surface area contributed by atoms with E-state index in [2.05, 4.69) is 35.4 Å². The first-order valence-electron chi connectivity index (χ1n) is 7.06. The molecule has 0 unspecified atom stereocenters. The predicted molar refractivity (Wildman–Crippen MR) is 83.2 cm³/mol. The van der Waals surface area contributed by atoms with Gasteiger partial charge in [0.05, 0.1) is 5.03 Å². The number of thioether (sulfide) groups is 1. The Morgan fingerprint density at radius 3 is 2.75 bits per heavy atom. The fourth-order valence-electron chi connectivity index (χ4n) is 2.25. The molecule has 2 rings (SSSR count). The second-order valence-corrected chi connectivity index (χ2v) is 6.46. The standard InChI is InChI=1S/C15H23N2O2S/c1-12(2)15(18)19-13-4-7-17(8-5-13)9-6-14-16(3)10-11-20-14/h6,9,13H,1,4-5,7-8,10-11H2,2-3H3/q+1. The van der Waals surface area contributed by atoms with E-state index in [-0.39, 0.29) is 12.1 Å². The normalized spacial score (nSPS) is 24.9. The molecule has 2 fully saturated rings. The number of rotatable bonds is 3. The van der Waals surface area contributed by atoms with Crippen molar-refractivity contribution in [2.45, 2.75) is 25.9 Å². The molecule has 5 heteroatoms. The summed E-state index contributed by atoms with van der Waals surface area (Å²) in [4.78, 5) is 13.7. The van der Waals surface area contributed by atoms with Gasteiger partial charge in [-0.2, -0.15) is 0 Å². The fourth-order valence-corrected chi connectivity index (χ4v) is 3.29. The Kier molecular flexibility index (Phi) is 5.29. The van der Waals surface area contributed by atoms with Gasteiger partial charge in [-0.1, -0.05) is 6.58 Å². The SMILES string of the molecule is C=C(C)C(=O)OC1CC[N+](=CC=C2SCCN2C)CC1. The number of carbonyl (C=O) groups excluding carboxylic acids is 1. The molecule has 0 amide bonds. The van der Waals surface area contributed by atoms with Gasteiger partial charge >= 0.3 is 5.97 Å². The van der Waals surface area contributed by atoms with Crippen molar-refractivity contribution in [3.05, 3.63) is 23.3 Å². The van der Waals surface area contributed by atoms with Crippen LogP contribution < -0.4 is 0 Å². The third kappa shape index (κ3) is 4.13. The lowest BCUT2D eigenvalue weighted by Gasteiger charge is -2.20. The summed E-state index contributed by atoms with van der Waals surface area (Å²) < 4.78 is 7.69. The average Bonchev–Trinajstić information content (AvgIpc) is 2.83. The molecule has 0 saturated carbocycles. The highest BCUT2D eigenvalue weighted by molar-refractivity contribution is 8.03. The van der Waals surface area contributed by atoms with E-state index in [1.54, 1.807) is 6.92 Å². The Balaban J connectivity index is 1.82. The molecule has 0 N–H and O–H groups in total. The number of hydrogen-bond donors (Lipinski definition) is 0. The van der Waals surface area contributed by atoms with Crippen molar-refractivity contribution in [2.24, 2.45) is 0 Å². The topological polar surface area (TPSA) is 32.6 Å². The van der Waals surface area contributed by atoms with Crippen molar-refractivity contribution in [2.75, 3.05) is 32.4 Å². The Bertz CT molecular complexity index is 447. The zero-order valence-electron chi connectivity index (χ0n) is 12.3. The molecule has 0 atom stereocenters. The molecule has 0 radical (unpaired) electrons. The van der Waals surface area contributed by atoms with Crippen molar-refractivity contribution in [1.29, 1.82) is 0 Å². The maximum atomic E-state index is 11.5. The zero-order valence-corrected chi connectivity index (χ0v) is 13.1. The summed E-state index contributed by atoms with van der Waals surface area (Å²) >= 11 is 1.90. The Hall–Kier alpha value is -1.23. The van der Waals surface area contributed by atoms with Crippen LogP contribution in [0.25, 0.3) is 0 Å². The van der Waals surface area contributed by atoms with Gasteiger partial charge in [-0.25, -0.2) is 9.37 Å². The first-order valence-corrected chi connectivity index (χ1v) is 8.04. The highest BCUT2D eigenvalue weighted by atomic mass is 32.2. The molecule has 2 aliphatic rings. The van der Waals surface area contributed by atoms with Crippen LogP contribution in [0.15, 0.2) is 23.3 Å². The lowest BCUT2D eigenvalue weighted by atomic mass is 10.1. The Morgan fingerprint density at radius 2 is 2.20 bits per heavy atom. The molecule has 0 spiro atoms. The Morgan fingerprint density at radius 1 is 1.50 bits per heavy atom. The van der Waals surface area contributed by atoms with Gasteiger partial charge in [0.25, 0.3) is 0 Å². The summed E-state index contributed by atoms with van der Waals surface area (Å²) in [6, 6.07) is 0. The highest BCUT2D eigenvalue weighted by Gasteiger charge is 2.24. The van der Waals surface area contributed by atoms with Crippen LogP contribution in [0.1, 0.15) is 19.8 Å². The molecule has 2 aliphatic heterocycles. The Labute approximate surface area is 125 Å². The smallest absolute Gasteiger partial charge is 0.333 e. The van der Waals surface area contributed by atoms with Gasteiger partial charge in [-0.05, 0) is 6.92 Å². The number of allylic oxidation sites excluding steroid dienone is 1. The summed E-state index contributed by atoms with van der Waals surface area (Å²) in [5, 5.41) is 1.33. The summed E-state index contributed by atoms with van der Waals surface area (Å²) in [6.45, 7) is 8.30. The van der Waals surface area contributed by atoms with Crippen molar-refractivity contribution in [1.82, 2.24) is 4.90 Å². The molecule has 110 valence electrons. The highest BCUT2D eigenvalue weighted by Crippen LogP contribution is 2.25. The summed E-state index contributed by atoms with van der Waals surface area (Å²) in [5.41, 5.74) is 0.477. The maximum Gasteiger partial charge on any atom is 0.333 e. The summed E-state index contributed by atoms with van der Waals surface area (Å²) in [5.74, 6) is 0.910. The van der Waals surface area contributed by atoms with Gasteiger partial charge < -0.3 is 9.64 Å². The molecule has 2 heterocycles. The number of esters is 1. The van der Waals surface area contributed by atoms with Gasteiger partial charge in [0, 0.05) is 43.8 Å². The number of ether oxygens (including phenoxy) is 1. The van der Waals surface area contributed by atoms with E-state index >= 15 is 0 Å². The zero-order chi connectivity index (χ0) is 14.5. The van der Waals surface area contributed by atoms with Gasteiger partial charge in [0.2, 0.25) is 0 Å². The minimum atomic E-state index is -0.265. The lowest BCUT2D eigenvalue weighted by Crippen LogP contribution is -2.32. The van der Waals surface area contributed by atoms with E-state index in [4.69, 9.17) is 4.74 Å². The van der Waals surface area contributed by atoms with E-state index in [1.807, 2.05) is 11.8 Å².